The van der Waals surface area contributed by atoms with Crippen LogP contribution < -0.4 is 38.1 Å². The molecule has 2 unspecified atom stereocenters. The van der Waals surface area contributed by atoms with Crippen LogP contribution in [0.1, 0.15) is 110 Å². The quantitative estimate of drug-likeness (QED) is 0.0371. The van der Waals surface area contributed by atoms with E-state index in [1.54, 1.807) is 34.6 Å². The molecule has 7 amide bonds. The molecule has 3 rings (SSSR count). The molecule has 1 aliphatic carbocycles. The zero-order valence-electron chi connectivity index (χ0n) is 35.7. The van der Waals surface area contributed by atoms with Crippen molar-refractivity contribution >= 4 is 58.7 Å². The average molecular weight is 838 g/mol. The maximum Gasteiger partial charge on any atom is 0.308 e. The summed E-state index contributed by atoms with van der Waals surface area (Å²) in [6.07, 6.45) is 4.39. The lowest BCUT2D eigenvalue weighted by Gasteiger charge is -2.31. The first-order valence-electron chi connectivity index (χ1n) is 20.7. The molecule has 0 bridgehead atoms. The molecule has 5 atom stereocenters. The molecular formula is C42H63N9O9. The Morgan fingerprint density at radius 2 is 1.60 bits per heavy atom. The topological polar surface area (TPSA) is 274 Å². The molecule has 18 nitrogen and oxygen atoms in total. The molecule has 1 heterocycles. The van der Waals surface area contributed by atoms with Crippen molar-refractivity contribution < 1.29 is 43.1 Å². The minimum Gasteiger partial charge on any atom is -0.460 e. The monoisotopic (exact) mass is 837 g/mol. The Morgan fingerprint density at radius 1 is 0.900 bits per heavy atom. The molecule has 9 N–H and O–H groups in total. The van der Waals surface area contributed by atoms with Gasteiger partial charge in [0.1, 0.15) is 35.8 Å². The van der Waals surface area contributed by atoms with Crippen LogP contribution in [0.25, 0.3) is 5.57 Å². The molecule has 0 saturated carbocycles. The van der Waals surface area contributed by atoms with Gasteiger partial charge in [0.05, 0.1) is 18.8 Å². The first-order chi connectivity index (χ1) is 28.3. The van der Waals surface area contributed by atoms with Gasteiger partial charge in [0.2, 0.25) is 41.4 Å². The second-order valence-corrected chi connectivity index (χ2v) is 16.1. The smallest absolute Gasteiger partial charge is 0.308 e. The molecule has 1 aliphatic heterocycles. The van der Waals surface area contributed by atoms with Crippen LogP contribution in [0, 0.1) is 0 Å². The summed E-state index contributed by atoms with van der Waals surface area (Å²) >= 11 is 0. The lowest BCUT2D eigenvalue weighted by Crippen LogP contribution is -2.58. The summed E-state index contributed by atoms with van der Waals surface area (Å²) in [5.74, 6) is -4.97. The number of primary amides is 1. The lowest BCUT2D eigenvalue weighted by molar-refractivity contribution is -0.156. The van der Waals surface area contributed by atoms with E-state index in [0.717, 1.165) is 16.7 Å². The number of benzene rings is 1. The number of aliphatic imine (C=N–C) groups is 1. The van der Waals surface area contributed by atoms with Gasteiger partial charge in [-0.3, -0.25) is 43.3 Å². The van der Waals surface area contributed by atoms with Gasteiger partial charge in [-0.05, 0) is 89.3 Å². The van der Waals surface area contributed by atoms with E-state index >= 15 is 0 Å². The third-order valence-corrected chi connectivity index (χ3v) is 9.88. The Balaban J connectivity index is 1.86. The number of esters is 1. The van der Waals surface area contributed by atoms with Crippen LogP contribution in [0.4, 0.5) is 0 Å². The van der Waals surface area contributed by atoms with E-state index in [1.165, 1.54) is 4.90 Å². The van der Waals surface area contributed by atoms with E-state index in [4.69, 9.17) is 16.2 Å². The molecule has 18 heteroatoms. The highest BCUT2D eigenvalue weighted by atomic mass is 16.6. The summed E-state index contributed by atoms with van der Waals surface area (Å²) in [6, 6.07) is 1.97. The van der Waals surface area contributed by atoms with Crippen LogP contribution >= 0.6 is 0 Å². The number of nitrogens with zero attached hydrogens (tertiary/aromatic N) is 2. The number of nitrogens with two attached hydrogens (primary N) is 2. The molecule has 2 aliphatic rings. The Bertz CT molecular complexity index is 1800. The first-order valence-corrected chi connectivity index (χ1v) is 20.7. The van der Waals surface area contributed by atoms with Crippen molar-refractivity contribution in [1.82, 2.24) is 31.5 Å². The van der Waals surface area contributed by atoms with Crippen molar-refractivity contribution in [2.24, 2.45) is 16.5 Å². The zero-order chi connectivity index (χ0) is 44.6. The zero-order valence-corrected chi connectivity index (χ0v) is 35.7. The first kappa shape index (κ1) is 48.6. The van der Waals surface area contributed by atoms with Gasteiger partial charge < -0.3 is 47.7 Å². The third-order valence-electron chi connectivity index (χ3n) is 9.88. The number of likely N-dealkylation sites (tertiary alicyclic amines) is 1. The van der Waals surface area contributed by atoms with Gasteiger partial charge in [-0.25, -0.2) is 0 Å². The highest BCUT2D eigenvalue weighted by Crippen LogP contribution is 2.31. The summed E-state index contributed by atoms with van der Waals surface area (Å²) in [4.78, 5) is 112. The summed E-state index contributed by atoms with van der Waals surface area (Å²) in [7, 11) is 0. The molecule has 1 saturated heterocycles. The average Bonchev–Trinajstić information content (AvgIpc) is 3.83. The second-order valence-electron chi connectivity index (χ2n) is 16.1. The highest BCUT2D eigenvalue weighted by molar-refractivity contribution is 5.98. The molecule has 60 heavy (non-hydrogen) atoms. The van der Waals surface area contributed by atoms with Crippen molar-refractivity contribution in [3.8, 4) is 0 Å². The Morgan fingerprint density at radius 3 is 2.25 bits per heavy atom. The number of hydrogen-bond donors (Lipinski definition) is 7. The van der Waals surface area contributed by atoms with Crippen molar-refractivity contribution in [2.45, 2.75) is 142 Å². The molecule has 0 radical (unpaired) electrons. The SMILES string of the molecule is CCCC(=O)N[C@@H](CCCN=C(C)N)C(=O)NCC(=O)N[C@@H](CC(=O)OC(C)(C)C)C(=O)NC(CC1=CCc2ccccc21)C(=O)N1CCC[C@H]1C(=O)NC(CC)C(N)=O. The van der Waals surface area contributed by atoms with Crippen molar-refractivity contribution in [3.63, 3.8) is 0 Å². The molecule has 1 fully saturated rings. The number of amidine groups is 1. The van der Waals surface area contributed by atoms with Crippen molar-refractivity contribution in [1.29, 1.82) is 0 Å². The van der Waals surface area contributed by atoms with Crippen LogP contribution in [-0.4, -0.2) is 113 Å². The summed E-state index contributed by atoms with van der Waals surface area (Å²) in [6.45, 7) is 9.99. The van der Waals surface area contributed by atoms with Crippen LogP contribution in [-0.2, 0) is 49.5 Å². The normalized spacial score (nSPS) is 16.9. The van der Waals surface area contributed by atoms with Gasteiger partial charge >= 0.3 is 5.97 Å². The van der Waals surface area contributed by atoms with Crippen LogP contribution in [0.2, 0.25) is 0 Å². The van der Waals surface area contributed by atoms with E-state index < -0.39 is 90.2 Å². The summed E-state index contributed by atoms with van der Waals surface area (Å²) < 4.78 is 5.47. The fourth-order valence-corrected chi connectivity index (χ4v) is 6.99. The third kappa shape index (κ3) is 15.4. The number of fused-ring (bicyclic) bond motifs is 1. The van der Waals surface area contributed by atoms with Crippen molar-refractivity contribution in [2.75, 3.05) is 19.6 Å². The molecule has 1 aromatic rings. The van der Waals surface area contributed by atoms with Crippen molar-refractivity contribution in [3.05, 3.63) is 41.5 Å². The number of carbonyl (C=O) groups excluding carboxylic acids is 8. The predicted octanol–water partition coefficient (Wildman–Crippen LogP) is 0.647. The van der Waals surface area contributed by atoms with Gasteiger partial charge in [0.25, 0.3) is 0 Å². The molecular weight excluding hydrogens is 775 g/mol. The van der Waals surface area contributed by atoms with E-state index in [-0.39, 0.29) is 38.1 Å². The molecule has 330 valence electrons. The Kier molecular flexibility index (Phi) is 18.7. The maximum absolute atomic E-state index is 14.5. The lowest BCUT2D eigenvalue weighted by atomic mass is 9.98. The maximum atomic E-state index is 14.5. The van der Waals surface area contributed by atoms with Gasteiger partial charge in [-0.1, -0.05) is 44.2 Å². The Hall–Kier alpha value is -5.81. The van der Waals surface area contributed by atoms with Crippen LogP contribution in [0.3, 0.4) is 0 Å². The number of rotatable bonds is 22. The van der Waals surface area contributed by atoms with E-state index in [0.29, 0.717) is 44.5 Å². The van der Waals surface area contributed by atoms with E-state index in [2.05, 4.69) is 31.6 Å². The van der Waals surface area contributed by atoms with Gasteiger partial charge in [-0.15, -0.1) is 0 Å². The number of ether oxygens (including phenoxy) is 1. The number of amides is 7. The fraction of sp³-hybridized carbons (Fsp3) is 0.595. The standard InChI is InChI=1S/C42H63N9O9/c1-7-13-34(52)47-30(16-11-20-45-25(3)43)38(56)46-24-35(53)48-31(23-36(54)60-42(4,5)6)39(57)50-32(22-27-19-18-26-14-9-10-15-28(26)27)41(59)51-21-12-17-33(51)40(58)49-29(8-2)37(44)55/h9-10,14-15,19,29-33H,7-8,11-13,16-18,20-24H2,1-6H3,(H2,43,45)(H2,44,55)(H,46,56)(H,47,52)(H,48,53)(H,49,58)(H,50,57)/t29?,30-,31-,32?,33-/m0/s1. The number of carbonyl (C=O) groups is 8. The number of hydrogen-bond acceptors (Lipinski definition) is 10. The van der Waals surface area contributed by atoms with Gasteiger partial charge in [0.15, 0.2) is 0 Å². The fourth-order valence-electron chi connectivity index (χ4n) is 6.99. The number of allylic oxidation sites excluding steroid dienone is 1. The minimum absolute atomic E-state index is 0.0236. The molecule has 0 spiro atoms. The van der Waals surface area contributed by atoms with E-state index in [9.17, 15) is 38.4 Å². The minimum atomic E-state index is -1.56. The van der Waals surface area contributed by atoms with Crippen LogP contribution in [0.15, 0.2) is 35.3 Å². The summed E-state index contributed by atoms with van der Waals surface area (Å²) in [5, 5.41) is 13.1. The molecule has 0 aromatic heterocycles. The van der Waals surface area contributed by atoms with Gasteiger partial charge in [0, 0.05) is 25.9 Å². The largest absolute Gasteiger partial charge is 0.460 e. The molecule has 1 aromatic carbocycles. The van der Waals surface area contributed by atoms with Crippen LogP contribution in [0.5, 0.6) is 0 Å². The van der Waals surface area contributed by atoms with E-state index in [1.807, 2.05) is 37.3 Å². The predicted molar refractivity (Wildman–Crippen MR) is 224 cm³/mol. The summed E-state index contributed by atoms with van der Waals surface area (Å²) in [5.41, 5.74) is 12.9. The van der Waals surface area contributed by atoms with Gasteiger partial charge in [-0.2, -0.15) is 0 Å². The highest BCUT2D eigenvalue weighted by Gasteiger charge is 2.40. The second kappa shape index (κ2) is 23.1. The number of nitrogens with one attached hydrogen (secondary N) is 5. The Labute approximate surface area is 351 Å².